The number of nitrogens with two attached hydrogens (primary N) is 1. The predicted octanol–water partition coefficient (Wildman–Crippen LogP) is 4.74. The molecule has 2 aromatic heterocycles. The summed E-state index contributed by atoms with van der Waals surface area (Å²) in [6.07, 6.45) is 1.67. The minimum atomic E-state index is 0.567. The minimum Gasteiger partial charge on any atom is -0.437 e. The molecule has 0 aliphatic heterocycles. The predicted molar refractivity (Wildman–Crippen MR) is 89.3 cm³/mol. The van der Waals surface area contributed by atoms with E-state index in [2.05, 4.69) is 17.1 Å². The summed E-state index contributed by atoms with van der Waals surface area (Å²) in [4.78, 5) is 4.33. The molecule has 0 spiro atoms. The molecule has 3 nitrogen and oxygen atoms in total. The van der Waals surface area contributed by atoms with E-state index in [0.717, 1.165) is 27.8 Å². The van der Waals surface area contributed by atoms with Crippen molar-refractivity contribution in [3.63, 3.8) is 0 Å². The average molecular weight is 286 g/mol. The van der Waals surface area contributed by atoms with Gasteiger partial charge in [0.25, 0.3) is 0 Å². The highest BCUT2D eigenvalue weighted by Crippen LogP contribution is 2.42. The van der Waals surface area contributed by atoms with Gasteiger partial charge in [-0.25, -0.2) is 4.98 Å². The molecular weight excluding hydrogens is 272 g/mol. The van der Waals surface area contributed by atoms with Gasteiger partial charge in [0.05, 0.1) is 5.39 Å². The van der Waals surface area contributed by atoms with Crippen molar-refractivity contribution in [3.8, 4) is 22.5 Å². The first-order valence-corrected chi connectivity index (χ1v) is 7.12. The lowest BCUT2D eigenvalue weighted by molar-refractivity contribution is 0.619. The van der Waals surface area contributed by atoms with Crippen LogP contribution in [0.15, 0.2) is 77.3 Å². The standard InChI is InChI=1S/C19H14N2O/c20-15-11-12-21-19-17(15)16(13-7-3-1-4-8-13)18(22-19)14-9-5-2-6-10-14/h1-12H,(H2,20,21). The Morgan fingerprint density at radius 2 is 1.41 bits per heavy atom. The van der Waals surface area contributed by atoms with Crippen molar-refractivity contribution in [1.29, 1.82) is 0 Å². The van der Waals surface area contributed by atoms with Crippen LogP contribution in [0, 0.1) is 0 Å². The monoisotopic (exact) mass is 286 g/mol. The molecule has 0 saturated carbocycles. The summed E-state index contributed by atoms with van der Waals surface area (Å²) in [5.41, 5.74) is 10.5. The lowest BCUT2D eigenvalue weighted by atomic mass is 9.99. The third-order valence-corrected chi connectivity index (χ3v) is 3.72. The zero-order valence-electron chi connectivity index (χ0n) is 11.9. The van der Waals surface area contributed by atoms with Gasteiger partial charge in [-0.1, -0.05) is 60.7 Å². The molecule has 0 atom stereocenters. The van der Waals surface area contributed by atoms with E-state index in [-0.39, 0.29) is 0 Å². The first kappa shape index (κ1) is 12.7. The third kappa shape index (κ3) is 1.95. The zero-order valence-corrected chi connectivity index (χ0v) is 11.9. The average Bonchev–Trinajstić information content (AvgIpc) is 2.97. The number of aromatic nitrogens is 1. The lowest BCUT2D eigenvalue weighted by Gasteiger charge is -2.04. The van der Waals surface area contributed by atoms with Crippen molar-refractivity contribution in [2.75, 3.05) is 5.73 Å². The highest BCUT2D eigenvalue weighted by atomic mass is 16.3. The maximum absolute atomic E-state index is 6.19. The number of furan rings is 1. The Hall–Kier alpha value is -3.07. The van der Waals surface area contributed by atoms with Crippen molar-refractivity contribution in [1.82, 2.24) is 4.98 Å². The van der Waals surface area contributed by atoms with Crippen LogP contribution in [0.5, 0.6) is 0 Å². The smallest absolute Gasteiger partial charge is 0.229 e. The number of pyridine rings is 1. The summed E-state index contributed by atoms with van der Waals surface area (Å²) in [7, 11) is 0. The number of benzene rings is 2. The molecule has 0 unspecified atom stereocenters. The summed E-state index contributed by atoms with van der Waals surface area (Å²) in [5.74, 6) is 0.798. The minimum absolute atomic E-state index is 0.567. The van der Waals surface area contributed by atoms with Gasteiger partial charge in [0.2, 0.25) is 5.71 Å². The molecule has 0 radical (unpaired) electrons. The molecule has 0 aliphatic rings. The fourth-order valence-corrected chi connectivity index (χ4v) is 2.72. The maximum Gasteiger partial charge on any atom is 0.229 e. The zero-order chi connectivity index (χ0) is 14.9. The van der Waals surface area contributed by atoms with E-state index in [1.807, 2.05) is 48.5 Å². The van der Waals surface area contributed by atoms with Crippen LogP contribution in [0.1, 0.15) is 0 Å². The Balaban J connectivity index is 2.11. The largest absolute Gasteiger partial charge is 0.437 e. The van der Waals surface area contributed by atoms with E-state index in [0.29, 0.717) is 11.4 Å². The molecule has 2 heterocycles. The summed E-state index contributed by atoms with van der Waals surface area (Å²) < 4.78 is 6.03. The number of fused-ring (bicyclic) bond motifs is 1. The molecule has 22 heavy (non-hydrogen) atoms. The van der Waals surface area contributed by atoms with E-state index >= 15 is 0 Å². The Morgan fingerprint density at radius 1 is 0.773 bits per heavy atom. The topological polar surface area (TPSA) is 52.0 Å². The van der Waals surface area contributed by atoms with Crippen molar-refractivity contribution in [2.45, 2.75) is 0 Å². The number of hydrogen-bond donors (Lipinski definition) is 1. The number of hydrogen-bond acceptors (Lipinski definition) is 3. The van der Waals surface area contributed by atoms with E-state index in [4.69, 9.17) is 10.2 Å². The van der Waals surface area contributed by atoms with Crippen molar-refractivity contribution >= 4 is 16.8 Å². The normalized spacial score (nSPS) is 10.9. The van der Waals surface area contributed by atoms with E-state index < -0.39 is 0 Å². The summed E-state index contributed by atoms with van der Waals surface area (Å²) >= 11 is 0. The molecule has 4 aromatic rings. The van der Waals surface area contributed by atoms with Crippen molar-refractivity contribution in [3.05, 3.63) is 72.9 Å². The van der Waals surface area contributed by atoms with Gasteiger partial charge in [-0.05, 0) is 11.6 Å². The number of nitrogens with zero attached hydrogens (tertiary/aromatic N) is 1. The van der Waals surface area contributed by atoms with Crippen LogP contribution in [0.2, 0.25) is 0 Å². The van der Waals surface area contributed by atoms with Gasteiger partial charge >= 0.3 is 0 Å². The van der Waals surface area contributed by atoms with E-state index in [1.165, 1.54) is 0 Å². The van der Waals surface area contributed by atoms with Gasteiger partial charge in [0.15, 0.2) is 0 Å². The van der Waals surface area contributed by atoms with Crippen LogP contribution < -0.4 is 5.73 Å². The Labute approximate surface area is 128 Å². The maximum atomic E-state index is 6.19. The Bertz CT molecular complexity index is 928. The van der Waals surface area contributed by atoms with E-state index in [1.54, 1.807) is 12.3 Å². The molecule has 106 valence electrons. The first-order chi connectivity index (χ1) is 10.8. The number of anilines is 1. The van der Waals surface area contributed by atoms with Crippen LogP contribution in [0.3, 0.4) is 0 Å². The quantitative estimate of drug-likeness (QED) is 0.579. The van der Waals surface area contributed by atoms with Crippen LogP contribution in [0.4, 0.5) is 5.69 Å². The lowest BCUT2D eigenvalue weighted by Crippen LogP contribution is -1.88. The second-order valence-corrected chi connectivity index (χ2v) is 5.12. The molecule has 0 amide bonds. The highest BCUT2D eigenvalue weighted by molar-refractivity contribution is 6.06. The Morgan fingerprint density at radius 3 is 2.09 bits per heavy atom. The second kappa shape index (κ2) is 5.04. The Kier molecular flexibility index (Phi) is 2.90. The molecule has 0 aliphatic carbocycles. The van der Waals surface area contributed by atoms with Crippen LogP contribution in [0.25, 0.3) is 33.6 Å². The third-order valence-electron chi connectivity index (χ3n) is 3.72. The molecule has 0 fully saturated rings. The van der Waals surface area contributed by atoms with Gasteiger partial charge in [-0.2, -0.15) is 0 Å². The van der Waals surface area contributed by atoms with E-state index in [9.17, 15) is 0 Å². The van der Waals surface area contributed by atoms with Gasteiger partial charge in [-0.15, -0.1) is 0 Å². The molecule has 2 aromatic carbocycles. The van der Waals surface area contributed by atoms with Crippen LogP contribution >= 0.6 is 0 Å². The SMILES string of the molecule is Nc1ccnc2oc(-c3ccccc3)c(-c3ccccc3)c12. The van der Waals surface area contributed by atoms with Crippen LogP contribution in [-0.2, 0) is 0 Å². The van der Waals surface area contributed by atoms with Crippen LogP contribution in [-0.4, -0.2) is 4.98 Å². The fraction of sp³-hybridized carbons (Fsp3) is 0. The summed E-state index contributed by atoms with van der Waals surface area (Å²) in [6, 6.07) is 22.0. The van der Waals surface area contributed by atoms with Gasteiger partial charge in [0.1, 0.15) is 5.76 Å². The number of rotatable bonds is 2. The summed E-state index contributed by atoms with van der Waals surface area (Å²) in [5, 5.41) is 0.868. The molecule has 3 heteroatoms. The molecular formula is C19H14N2O. The van der Waals surface area contributed by atoms with Gasteiger partial charge in [-0.3, -0.25) is 0 Å². The van der Waals surface area contributed by atoms with Gasteiger partial charge < -0.3 is 10.2 Å². The first-order valence-electron chi connectivity index (χ1n) is 7.12. The molecule has 0 saturated heterocycles. The second-order valence-electron chi connectivity index (χ2n) is 5.12. The fourth-order valence-electron chi connectivity index (χ4n) is 2.72. The van der Waals surface area contributed by atoms with Gasteiger partial charge in [0, 0.05) is 23.0 Å². The molecule has 0 bridgehead atoms. The van der Waals surface area contributed by atoms with Crippen molar-refractivity contribution < 1.29 is 4.42 Å². The summed E-state index contributed by atoms with van der Waals surface area (Å²) in [6.45, 7) is 0. The highest BCUT2D eigenvalue weighted by Gasteiger charge is 2.19. The number of nitrogen functional groups attached to an aromatic ring is 1. The molecule has 4 rings (SSSR count). The molecule has 2 N–H and O–H groups in total. The van der Waals surface area contributed by atoms with Crippen molar-refractivity contribution in [2.24, 2.45) is 0 Å².